The van der Waals surface area contributed by atoms with Crippen molar-refractivity contribution in [1.29, 1.82) is 0 Å². The largest absolute Gasteiger partial charge is 0.439 e. The minimum atomic E-state index is 0.474. The molecule has 0 saturated heterocycles. The SMILES string of the molecule is CC(C)NCc1ccc(Oc2cccc(I)c2)nc1. The predicted octanol–water partition coefficient (Wildman–Crippen LogP) is 3.98. The molecule has 0 saturated carbocycles. The van der Waals surface area contributed by atoms with Crippen LogP contribution in [0.3, 0.4) is 0 Å². The van der Waals surface area contributed by atoms with Crippen molar-refractivity contribution in [1.82, 2.24) is 10.3 Å². The molecule has 0 radical (unpaired) electrons. The van der Waals surface area contributed by atoms with E-state index in [0.29, 0.717) is 11.9 Å². The van der Waals surface area contributed by atoms with Crippen LogP contribution in [0, 0.1) is 3.57 Å². The standard InChI is InChI=1S/C15H17IN2O/c1-11(2)17-9-12-6-7-15(18-10-12)19-14-5-3-4-13(16)8-14/h3-8,10-11,17H,9H2,1-2H3. The van der Waals surface area contributed by atoms with E-state index in [2.05, 4.69) is 46.7 Å². The lowest BCUT2D eigenvalue weighted by atomic mass is 10.2. The van der Waals surface area contributed by atoms with Crippen LogP contribution in [0.15, 0.2) is 42.6 Å². The Morgan fingerprint density at radius 3 is 2.74 bits per heavy atom. The molecule has 1 aromatic heterocycles. The maximum absolute atomic E-state index is 5.70. The van der Waals surface area contributed by atoms with Crippen LogP contribution >= 0.6 is 22.6 Å². The second-order valence-electron chi connectivity index (χ2n) is 4.60. The van der Waals surface area contributed by atoms with Crippen LogP contribution in [0.1, 0.15) is 19.4 Å². The summed E-state index contributed by atoms with van der Waals surface area (Å²) in [6, 6.07) is 12.3. The molecule has 0 fully saturated rings. The minimum absolute atomic E-state index is 0.474. The highest BCUT2D eigenvalue weighted by molar-refractivity contribution is 14.1. The van der Waals surface area contributed by atoms with Gasteiger partial charge in [0.15, 0.2) is 0 Å². The van der Waals surface area contributed by atoms with Crippen molar-refractivity contribution >= 4 is 22.6 Å². The number of hydrogen-bond donors (Lipinski definition) is 1. The second kappa shape index (κ2) is 6.86. The molecule has 4 heteroatoms. The van der Waals surface area contributed by atoms with E-state index in [4.69, 9.17) is 4.74 Å². The van der Waals surface area contributed by atoms with Crippen LogP contribution in [-0.2, 0) is 6.54 Å². The summed E-state index contributed by atoms with van der Waals surface area (Å²) in [5.41, 5.74) is 1.16. The second-order valence-corrected chi connectivity index (χ2v) is 5.85. The molecule has 1 heterocycles. The van der Waals surface area contributed by atoms with Crippen LogP contribution in [0.25, 0.3) is 0 Å². The molecule has 0 aliphatic carbocycles. The summed E-state index contributed by atoms with van der Waals surface area (Å²) in [7, 11) is 0. The molecule has 1 N–H and O–H groups in total. The van der Waals surface area contributed by atoms with E-state index >= 15 is 0 Å². The monoisotopic (exact) mass is 368 g/mol. The lowest BCUT2D eigenvalue weighted by Gasteiger charge is -2.09. The van der Waals surface area contributed by atoms with Crippen molar-refractivity contribution in [2.75, 3.05) is 0 Å². The first kappa shape index (κ1) is 14.3. The third kappa shape index (κ3) is 4.80. The summed E-state index contributed by atoms with van der Waals surface area (Å²) < 4.78 is 6.85. The fraction of sp³-hybridized carbons (Fsp3) is 0.267. The molecular weight excluding hydrogens is 351 g/mol. The third-order valence-electron chi connectivity index (χ3n) is 2.53. The summed E-state index contributed by atoms with van der Waals surface area (Å²) in [4.78, 5) is 4.32. The maximum Gasteiger partial charge on any atom is 0.219 e. The first-order valence-corrected chi connectivity index (χ1v) is 7.33. The number of aromatic nitrogens is 1. The number of nitrogens with one attached hydrogen (secondary N) is 1. The third-order valence-corrected chi connectivity index (χ3v) is 3.20. The normalized spacial score (nSPS) is 10.7. The molecule has 0 aliphatic rings. The van der Waals surface area contributed by atoms with Crippen LogP contribution in [-0.4, -0.2) is 11.0 Å². The zero-order valence-corrected chi connectivity index (χ0v) is 13.2. The zero-order valence-electron chi connectivity index (χ0n) is 11.1. The van der Waals surface area contributed by atoms with Gasteiger partial charge in [-0.2, -0.15) is 0 Å². The van der Waals surface area contributed by atoms with Gasteiger partial charge in [0.05, 0.1) is 0 Å². The van der Waals surface area contributed by atoms with Gasteiger partial charge in [0.1, 0.15) is 5.75 Å². The first-order valence-electron chi connectivity index (χ1n) is 6.25. The maximum atomic E-state index is 5.70. The molecule has 2 rings (SSSR count). The van der Waals surface area contributed by atoms with E-state index in [0.717, 1.165) is 21.4 Å². The van der Waals surface area contributed by atoms with Gasteiger partial charge >= 0.3 is 0 Å². The topological polar surface area (TPSA) is 34.1 Å². The van der Waals surface area contributed by atoms with Crippen molar-refractivity contribution in [3.63, 3.8) is 0 Å². The average molecular weight is 368 g/mol. The Morgan fingerprint density at radius 1 is 1.26 bits per heavy atom. The molecule has 19 heavy (non-hydrogen) atoms. The van der Waals surface area contributed by atoms with E-state index in [-0.39, 0.29) is 0 Å². The van der Waals surface area contributed by atoms with Gasteiger partial charge in [-0.05, 0) is 46.4 Å². The quantitative estimate of drug-likeness (QED) is 0.811. The highest BCUT2D eigenvalue weighted by Gasteiger charge is 2.00. The summed E-state index contributed by atoms with van der Waals surface area (Å²) in [5, 5.41) is 3.36. The summed E-state index contributed by atoms with van der Waals surface area (Å²) in [5.74, 6) is 1.43. The van der Waals surface area contributed by atoms with Crippen molar-refractivity contribution in [3.8, 4) is 11.6 Å². The molecule has 2 aromatic rings. The highest BCUT2D eigenvalue weighted by atomic mass is 127. The minimum Gasteiger partial charge on any atom is -0.439 e. The molecule has 0 aliphatic heterocycles. The Morgan fingerprint density at radius 2 is 2.11 bits per heavy atom. The summed E-state index contributed by atoms with van der Waals surface area (Å²) in [6.07, 6.45) is 1.85. The zero-order chi connectivity index (χ0) is 13.7. The molecule has 0 spiro atoms. The number of halogens is 1. The fourth-order valence-corrected chi connectivity index (χ4v) is 2.06. The van der Waals surface area contributed by atoms with Gasteiger partial charge in [-0.1, -0.05) is 26.0 Å². The van der Waals surface area contributed by atoms with Gasteiger partial charge < -0.3 is 10.1 Å². The summed E-state index contributed by atoms with van der Waals surface area (Å²) in [6.45, 7) is 5.08. The van der Waals surface area contributed by atoms with Crippen molar-refractivity contribution in [2.45, 2.75) is 26.4 Å². The van der Waals surface area contributed by atoms with Crippen molar-refractivity contribution in [3.05, 3.63) is 51.7 Å². The highest BCUT2D eigenvalue weighted by Crippen LogP contribution is 2.21. The lowest BCUT2D eigenvalue weighted by molar-refractivity contribution is 0.461. The molecule has 0 amide bonds. The summed E-state index contributed by atoms with van der Waals surface area (Å²) >= 11 is 2.26. The Balaban J connectivity index is 1.98. The number of nitrogens with zero attached hydrogens (tertiary/aromatic N) is 1. The molecule has 0 unspecified atom stereocenters. The van der Waals surface area contributed by atoms with Gasteiger partial charge in [-0.15, -0.1) is 0 Å². The van der Waals surface area contributed by atoms with E-state index in [9.17, 15) is 0 Å². The van der Waals surface area contributed by atoms with Crippen molar-refractivity contribution < 1.29 is 4.74 Å². The lowest BCUT2D eigenvalue weighted by Crippen LogP contribution is -2.21. The number of pyridine rings is 1. The predicted molar refractivity (Wildman–Crippen MR) is 85.4 cm³/mol. The van der Waals surface area contributed by atoms with E-state index in [1.54, 1.807) is 0 Å². The molecule has 100 valence electrons. The Kier molecular flexibility index (Phi) is 5.15. The smallest absolute Gasteiger partial charge is 0.219 e. The molecule has 0 atom stereocenters. The van der Waals surface area contributed by atoms with Crippen LogP contribution < -0.4 is 10.1 Å². The average Bonchev–Trinajstić information content (AvgIpc) is 2.38. The Bertz CT molecular complexity index is 526. The van der Waals surface area contributed by atoms with Gasteiger partial charge in [0, 0.05) is 28.4 Å². The Hall–Kier alpha value is -1.14. The number of benzene rings is 1. The first-order chi connectivity index (χ1) is 9.13. The number of ether oxygens (including phenoxy) is 1. The molecule has 0 bridgehead atoms. The van der Waals surface area contributed by atoms with Gasteiger partial charge in [-0.25, -0.2) is 4.98 Å². The van der Waals surface area contributed by atoms with E-state index < -0.39 is 0 Å². The van der Waals surface area contributed by atoms with Crippen LogP contribution in [0.4, 0.5) is 0 Å². The van der Waals surface area contributed by atoms with E-state index in [1.165, 1.54) is 0 Å². The van der Waals surface area contributed by atoms with Crippen LogP contribution in [0.5, 0.6) is 11.6 Å². The van der Waals surface area contributed by atoms with Crippen LogP contribution in [0.2, 0.25) is 0 Å². The number of hydrogen-bond acceptors (Lipinski definition) is 3. The van der Waals surface area contributed by atoms with Crippen molar-refractivity contribution in [2.24, 2.45) is 0 Å². The molecular formula is C15H17IN2O. The van der Waals surface area contributed by atoms with Gasteiger partial charge in [0.25, 0.3) is 0 Å². The fourth-order valence-electron chi connectivity index (χ4n) is 1.55. The number of rotatable bonds is 5. The Labute approximate surface area is 127 Å². The molecule has 1 aromatic carbocycles. The molecule has 3 nitrogen and oxygen atoms in total. The van der Waals surface area contributed by atoms with Gasteiger partial charge in [-0.3, -0.25) is 0 Å². The van der Waals surface area contributed by atoms with E-state index in [1.807, 2.05) is 42.6 Å². The van der Waals surface area contributed by atoms with Gasteiger partial charge in [0.2, 0.25) is 5.88 Å².